The Balaban J connectivity index is 2.71. The molecule has 0 spiro atoms. The third-order valence-electron chi connectivity index (χ3n) is 1.50. The van der Waals surface area contributed by atoms with Crippen molar-refractivity contribution in [3.05, 3.63) is 0 Å². The van der Waals surface area contributed by atoms with Crippen LogP contribution in [0.15, 0.2) is 0 Å². The molecule has 0 aromatic heterocycles. The van der Waals surface area contributed by atoms with Crippen LogP contribution in [0.4, 0.5) is 0 Å². The van der Waals surface area contributed by atoms with Crippen LogP contribution in [-0.4, -0.2) is 34.3 Å². The number of rotatable bonds is 1. The number of hydrogen-bond donors (Lipinski definition) is 0. The van der Waals surface area contributed by atoms with Gasteiger partial charge in [0.1, 0.15) is 0 Å². The van der Waals surface area contributed by atoms with E-state index in [1.807, 2.05) is 13.8 Å². The van der Waals surface area contributed by atoms with Gasteiger partial charge in [0.15, 0.2) is 0 Å². The van der Waals surface area contributed by atoms with Gasteiger partial charge in [-0.1, -0.05) is 0 Å². The molecule has 1 rings (SSSR count). The zero-order valence-electron chi connectivity index (χ0n) is 6.66. The first-order chi connectivity index (χ1) is 5.13. The summed E-state index contributed by atoms with van der Waals surface area (Å²) in [6.45, 7) is 3.71. The minimum absolute atomic E-state index is 0.0101. The standard InChI is InChI=1S/C7H11NO2S/c1-5(2)8-6(9)3-11-4-7(8)10/h5H,3-4H2,1-2H3. The van der Waals surface area contributed by atoms with Gasteiger partial charge < -0.3 is 0 Å². The number of carbonyl (C=O) groups is 2. The second kappa shape index (κ2) is 3.26. The summed E-state index contributed by atoms with van der Waals surface area (Å²) in [7, 11) is 0. The highest BCUT2D eigenvalue weighted by Gasteiger charge is 2.27. The Morgan fingerprint density at radius 1 is 1.27 bits per heavy atom. The Labute approximate surface area is 70.1 Å². The molecule has 0 unspecified atom stereocenters. The van der Waals surface area contributed by atoms with Gasteiger partial charge in [-0.2, -0.15) is 0 Å². The molecule has 11 heavy (non-hydrogen) atoms. The highest BCUT2D eigenvalue weighted by Crippen LogP contribution is 2.14. The van der Waals surface area contributed by atoms with Crippen LogP contribution in [0, 0.1) is 0 Å². The van der Waals surface area contributed by atoms with E-state index >= 15 is 0 Å². The zero-order chi connectivity index (χ0) is 8.43. The smallest absolute Gasteiger partial charge is 0.239 e. The highest BCUT2D eigenvalue weighted by atomic mass is 32.2. The first-order valence-electron chi connectivity index (χ1n) is 3.55. The maximum absolute atomic E-state index is 11.1. The summed E-state index contributed by atoms with van der Waals surface area (Å²) in [5, 5.41) is 0. The topological polar surface area (TPSA) is 37.4 Å². The largest absolute Gasteiger partial charge is 0.279 e. The van der Waals surface area contributed by atoms with Crippen molar-refractivity contribution in [2.75, 3.05) is 11.5 Å². The van der Waals surface area contributed by atoms with Crippen molar-refractivity contribution in [1.29, 1.82) is 0 Å². The Morgan fingerprint density at radius 3 is 2.00 bits per heavy atom. The van der Waals surface area contributed by atoms with Crippen molar-refractivity contribution in [3.63, 3.8) is 0 Å². The van der Waals surface area contributed by atoms with Crippen molar-refractivity contribution in [1.82, 2.24) is 4.90 Å². The summed E-state index contributed by atoms with van der Waals surface area (Å²) in [5.74, 6) is 0.788. The summed E-state index contributed by atoms with van der Waals surface area (Å²) < 4.78 is 0. The van der Waals surface area contributed by atoms with E-state index in [0.717, 1.165) is 0 Å². The number of hydrogen-bond acceptors (Lipinski definition) is 3. The number of carbonyl (C=O) groups excluding carboxylic acids is 2. The van der Waals surface area contributed by atoms with Gasteiger partial charge in [-0.3, -0.25) is 14.5 Å². The van der Waals surface area contributed by atoms with E-state index in [9.17, 15) is 9.59 Å². The lowest BCUT2D eigenvalue weighted by Gasteiger charge is -2.27. The number of amides is 2. The van der Waals surface area contributed by atoms with E-state index in [0.29, 0.717) is 11.5 Å². The molecule has 4 heteroatoms. The summed E-state index contributed by atoms with van der Waals surface area (Å²) in [6, 6.07) is 0.0101. The fourth-order valence-electron chi connectivity index (χ4n) is 1.08. The quantitative estimate of drug-likeness (QED) is 0.542. The third-order valence-corrected chi connectivity index (χ3v) is 2.41. The Hall–Kier alpha value is -0.510. The zero-order valence-corrected chi connectivity index (χ0v) is 7.48. The predicted molar refractivity (Wildman–Crippen MR) is 44.3 cm³/mol. The molecular weight excluding hydrogens is 162 g/mol. The molecule has 0 atom stereocenters. The van der Waals surface area contributed by atoms with Crippen molar-refractivity contribution in [3.8, 4) is 0 Å². The molecule has 1 aliphatic rings. The molecule has 2 amide bonds. The Morgan fingerprint density at radius 2 is 1.73 bits per heavy atom. The molecule has 62 valence electrons. The fraction of sp³-hybridized carbons (Fsp3) is 0.714. The van der Waals surface area contributed by atoms with Crippen molar-refractivity contribution < 1.29 is 9.59 Å². The highest BCUT2D eigenvalue weighted by molar-refractivity contribution is 8.00. The molecule has 0 bridgehead atoms. The van der Waals surface area contributed by atoms with Crippen LogP contribution >= 0.6 is 11.8 Å². The van der Waals surface area contributed by atoms with Crippen LogP contribution in [0.25, 0.3) is 0 Å². The molecule has 0 saturated carbocycles. The maximum Gasteiger partial charge on any atom is 0.239 e. The van der Waals surface area contributed by atoms with Crippen molar-refractivity contribution in [2.24, 2.45) is 0 Å². The van der Waals surface area contributed by atoms with E-state index < -0.39 is 0 Å². The van der Waals surface area contributed by atoms with Gasteiger partial charge in [0.2, 0.25) is 11.8 Å². The fourth-order valence-corrected chi connectivity index (χ4v) is 1.81. The van der Waals surface area contributed by atoms with Gasteiger partial charge in [0.05, 0.1) is 11.5 Å². The van der Waals surface area contributed by atoms with E-state index in [1.54, 1.807) is 0 Å². The normalized spacial score (nSPS) is 19.7. The van der Waals surface area contributed by atoms with Crippen LogP contribution in [0.2, 0.25) is 0 Å². The van der Waals surface area contributed by atoms with Crippen LogP contribution in [0.1, 0.15) is 13.8 Å². The molecule has 1 saturated heterocycles. The van der Waals surface area contributed by atoms with Crippen molar-refractivity contribution in [2.45, 2.75) is 19.9 Å². The van der Waals surface area contributed by atoms with Crippen LogP contribution < -0.4 is 0 Å². The maximum atomic E-state index is 11.1. The SMILES string of the molecule is CC(C)N1C(=O)CSCC1=O. The van der Waals surface area contributed by atoms with Crippen molar-refractivity contribution >= 4 is 23.6 Å². The van der Waals surface area contributed by atoms with Crippen LogP contribution in [-0.2, 0) is 9.59 Å². The van der Waals surface area contributed by atoms with Crippen LogP contribution in [0.5, 0.6) is 0 Å². The first-order valence-corrected chi connectivity index (χ1v) is 4.71. The molecule has 0 aromatic rings. The number of nitrogens with zero attached hydrogens (tertiary/aromatic N) is 1. The lowest BCUT2D eigenvalue weighted by Crippen LogP contribution is -2.46. The van der Waals surface area contributed by atoms with Crippen LogP contribution in [0.3, 0.4) is 0 Å². The predicted octanol–water partition coefficient (Wildman–Crippen LogP) is 0.497. The average Bonchev–Trinajstić information content (AvgIpc) is 1.85. The lowest BCUT2D eigenvalue weighted by atomic mass is 10.3. The molecule has 1 heterocycles. The third kappa shape index (κ3) is 1.74. The molecule has 3 nitrogen and oxygen atoms in total. The minimum atomic E-state index is -0.0544. The van der Waals surface area contributed by atoms with E-state index in [4.69, 9.17) is 0 Å². The Kier molecular flexibility index (Phi) is 2.54. The van der Waals surface area contributed by atoms with Gasteiger partial charge in [-0.25, -0.2) is 0 Å². The van der Waals surface area contributed by atoms with E-state index in [2.05, 4.69) is 0 Å². The number of thioether (sulfide) groups is 1. The minimum Gasteiger partial charge on any atom is -0.279 e. The second-order valence-electron chi connectivity index (χ2n) is 2.74. The summed E-state index contributed by atoms with van der Waals surface area (Å²) in [5.41, 5.74) is 0. The molecule has 1 fully saturated rings. The Bertz CT molecular complexity index is 175. The van der Waals surface area contributed by atoms with Gasteiger partial charge in [0, 0.05) is 6.04 Å². The lowest BCUT2D eigenvalue weighted by molar-refractivity contribution is -0.144. The molecule has 0 aromatic carbocycles. The molecule has 0 radical (unpaired) electrons. The van der Waals surface area contributed by atoms with E-state index in [1.165, 1.54) is 16.7 Å². The molecular formula is C7H11NO2S. The molecule has 1 aliphatic heterocycles. The average molecular weight is 173 g/mol. The van der Waals surface area contributed by atoms with Gasteiger partial charge >= 0.3 is 0 Å². The van der Waals surface area contributed by atoms with Gasteiger partial charge in [0.25, 0.3) is 0 Å². The van der Waals surface area contributed by atoms with E-state index in [-0.39, 0.29) is 17.9 Å². The van der Waals surface area contributed by atoms with Gasteiger partial charge in [-0.15, -0.1) is 11.8 Å². The second-order valence-corrected chi connectivity index (χ2v) is 3.73. The van der Waals surface area contributed by atoms with Gasteiger partial charge in [-0.05, 0) is 13.8 Å². The first kappa shape index (κ1) is 8.59. The number of imide groups is 1. The summed E-state index contributed by atoms with van der Waals surface area (Å²) in [6.07, 6.45) is 0. The molecule has 0 aliphatic carbocycles. The summed E-state index contributed by atoms with van der Waals surface area (Å²) >= 11 is 1.39. The monoisotopic (exact) mass is 173 g/mol. The molecule has 0 N–H and O–H groups in total. The summed E-state index contributed by atoms with van der Waals surface area (Å²) in [4.78, 5) is 23.6.